The molecular weight excluding hydrogens is 362 g/mol. The van der Waals surface area contributed by atoms with Crippen molar-refractivity contribution in [2.24, 2.45) is 0 Å². The van der Waals surface area contributed by atoms with Gasteiger partial charge < -0.3 is 0 Å². The highest BCUT2D eigenvalue weighted by atomic mass is 35.5. The predicted molar refractivity (Wildman–Crippen MR) is 88.8 cm³/mol. The Balaban J connectivity index is 1.60. The number of nitrogens with one attached hydrogen (secondary N) is 1. The third kappa shape index (κ3) is 3.80. The molecule has 0 fully saturated rings. The van der Waals surface area contributed by atoms with Gasteiger partial charge in [-0.15, -0.1) is 15.3 Å². The topological polar surface area (TPSA) is 80.7 Å². The lowest BCUT2D eigenvalue weighted by Gasteiger charge is -2.00. The zero-order valence-corrected chi connectivity index (χ0v) is 14.1. The van der Waals surface area contributed by atoms with Gasteiger partial charge in [0.05, 0.1) is 0 Å². The molecule has 10 heteroatoms. The van der Waals surface area contributed by atoms with E-state index in [1.165, 1.54) is 23.1 Å². The molecule has 1 N–H and O–H groups in total. The lowest BCUT2D eigenvalue weighted by atomic mass is 10.2. The number of benzene rings is 1. The van der Waals surface area contributed by atoms with Crippen LogP contribution in [0.4, 0.5) is 5.13 Å². The number of anilines is 1. The van der Waals surface area contributed by atoms with Gasteiger partial charge in [0.1, 0.15) is 0 Å². The van der Waals surface area contributed by atoms with Gasteiger partial charge in [-0.05, 0) is 23.2 Å². The average molecular weight is 370 g/mol. The van der Waals surface area contributed by atoms with E-state index in [0.29, 0.717) is 10.9 Å². The molecule has 22 heavy (non-hydrogen) atoms. The first-order valence-corrected chi connectivity index (χ1v) is 9.02. The molecule has 6 nitrogen and oxygen atoms in total. The Morgan fingerprint density at radius 1 is 1.27 bits per heavy atom. The highest BCUT2D eigenvalue weighted by Gasteiger charge is 2.13. The van der Waals surface area contributed by atoms with Gasteiger partial charge in [-0.2, -0.15) is 0 Å². The van der Waals surface area contributed by atoms with Gasteiger partial charge >= 0.3 is 0 Å². The molecule has 0 atom stereocenters. The van der Waals surface area contributed by atoms with Crippen LogP contribution in [0.1, 0.15) is 16.1 Å². The molecule has 0 radical (unpaired) electrons. The number of carbonyl (C=O) groups excluding carboxylic acids is 1. The molecule has 112 valence electrons. The second-order valence-corrected chi connectivity index (χ2v) is 7.21. The Bertz CT molecular complexity index is 777. The first-order valence-electron chi connectivity index (χ1n) is 6.00. The molecule has 1 aromatic carbocycles. The van der Waals surface area contributed by atoms with Crippen LogP contribution in [0, 0.1) is 0 Å². The van der Waals surface area contributed by atoms with Crippen LogP contribution in [0.25, 0.3) is 0 Å². The number of halogens is 1. The number of nitrogens with zero attached hydrogens (tertiary/aromatic N) is 4. The van der Waals surface area contributed by atoms with E-state index in [9.17, 15) is 4.79 Å². The van der Waals surface area contributed by atoms with E-state index in [-0.39, 0.29) is 11.6 Å². The Morgan fingerprint density at radius 2 is 2.14 bits per heavy atom. The van der Waals surface area contributed by atoms with Gasteiger partial charge in [0, 0.05) is 16.2 Å². The Hall–Kier alpha value is -1.55. The maximum atomic E-state index is 11.8. The minimum Gasteiger partial charge on any atom is -0.295 e. The van der Waals surface area contributed by atoms with Gasteiger partial charge in [0.25, 0.3) is 5.91 Å². The van der Waals surface area contributed by atoms with Crippen molar-refractivity contribution in [1.29, 1.82) is 0 Å². The molecule has 0 aliphatic carbocycles. The van der Waals surface area contributed by atoms with Crippen molar-refractivity contribution in [3.8, 4) is 0 Å². The number of rotatable bonds is 5. The molecular formula is C12H8ClN5OS3. The van der Waals surface area contributed by atoms with Gasteiger partial charge in [0.15, 0.2) is 10.0 Å². The van der Waals surface area contributed by atoms with Crippen LogP contribution >= 0.6 is 46.2 Å². The van der Waals surface area contributed by atoms with Crippen LogP contribution in [-0.4, -0.2) is 25.7 Å². The first-order chi connectivity index (χ1) is 10.7. The van der Waals surface area contributed by atoms with Crippen molar-refractivity contribution in [2.75, 3.05) is 5.32 Å². The number of thioether (sulfide) groups is 1. The molecule has 0 unspecified atom stereocenters. The molecule has 3 aromatic rings. The second kappa shape index (κ2) is 7.14. The summed E-state index contributed by atoms with van der Waals surface area (Å²) >= 11 is 10.0. The van der Waals surface area contributed by atoms with Gasteiger partial charge in [-0.25, -0.2) is 0 Å². The van der Waals surface area contributed by atoms with Crippen molar-refractivity contribution < 1.29 is 4.79 Å². The van der Waals surface area contributed by atoms with Crippen LogP contribution in [0.5, 0.6) is 0 Å². The largest absolute Gasteiger partial charge is 0.295 e. The Morgan fingerprint density at radius 3 is 2.91 bits per heavy atom. The summed E-state index contributed by atoms with van der Waals surface area (Å²) in [7, 11) is 0. The molecule has 2 aromatic heterocycles. The summed E-state index contributed by atoms with van der Waals surface area (Å²) in [4.78, 5) is 11.8. The minimum absolute atomic E-state index is 0.269. The summed E-state index contributed by atoms with van der Waals surface area (Å²) in [6.45, 7) is 0. The van der Waals surface area contributed by atoms with E-state index in [1.54, 1.807) is 5.38 Å². The smallest absolute Gasteiger partial charge is 0.278 e. The van der Waals surface area contributed by atoms with Crippen LogP contribution < -0.4 is 5.32 Å². The average Bonchev–Trinajstić information content (AvgIpc) is 3.18. The zero-order chi connectivity index (χ0) is 15.4. The molecule has 0 bridgehead atoms. The monoisotopic (exact) mass is 369 g/mol. The molecule has 0 saturated carbocycles. The van der Waals surface area contributed by atoms with Gasteiger partial charge in [-0.1, -0.05) is 57.4 Å². The highest BCUT2D eigenvalue weighted by molar-refractivity contribution is 8.00. The van der Waals surface area contributed by atoms with Gasteiger partial charge in [0.2, 0.25) is 5.13 Å². The van der Waals surface area contributed by atoms with E-state index in [1.807, 2.05) is 24.3 Å². The molecule has 3 rings (SSSR count). The zero-order valence-electron chi connectivity index (χ0n) is 10.9. The Labute approximate surface area is 143 Å². The standard InChI is InChI=1S/C12H8ClN5OS3/c13-8-4-2-1-3-7(8)5-20-12-17-16-11(22-12)14-10(19)9-6-21-18-15-9/h1-4,6H,5H2,(H,14,16,19). The maximum absolute atomic E-state index is 11.8. The fourth-order valence-corrected chi connectivity index (χ4v) is 3.97. The lowest BCUT2D eigenvalue weighted by Crippen LogP contribution is -2.12. The van der Waals surface area contributed by atoms with Crippen LogP contribution in [0.2, 0.25) is 5.02 Å². The predicted octanol–water partition coefficient (Wildman–Crippen LogP) is 3.59. The Kier molecular flexibility index (Phi) is 4.98. The van der Waals surface area contributed by atoms with Crippen molar-refractivity contribution >= 4 is 57.3 Å². The van der Waals surface area contributed by atoms with Crippen molar-refractivity contribution in [3.63, 3.8) is 0 Å². The number of hydrogen-bond donors (Lipinski definition) is 1. The van der Waals surface area contributed by atoms with E-state index >= 15 is 0 Å². The number of carbonyl (C=O) groups is 1. The van der Waals surface area contributed by atoms with Crippen LogP contribution in [0.15, 0.2) is 34.0 Å². The minimum atomic E-state index is -0.340. The summed E-state index contributed by atoms with van der Waals surface area (Å²) in [5.41, 5.74) is 1.30. The normalized spacial score (nSPS) is 10.6. The van der Waals surface area contributed by atoms with E-state index in [2.05, 4.69) is 25.1 Å². The lowest BCUT2D eigenvalue weighted by molar-refractivity contribution is 0.102. The molecule has 0 aliphatic heterocycles. The SMILES string of the molecule is O=C(Nc1nnc(SCc2ccccc2Cl)s1)c1csnn1. The van der Waals surface area contributed by atoms with Crippen LogP contribution in [-0.2, 0) is 5.75 Å². The van der Waals surface area contributed by atoms with E-state index in [0.717, 1.165) is 26.5 Å². The quantitative estimate of drug-likeness (QED) is 0.546. The molecule has 0 saturated heterocycles. The highest BCUT2D eigenvalue weighted by Crippen LogP contribution is 2.30. The third-order valence-electron chi connectivity index (χ3n) is 2.53. The fourth-order valence-electron chi connectivity index (χ4n) is 1.50. The van der Waals surface area contributed by atoms with Gasteiger partial charge in [-0.3, -0.25) is 10.1 Å². The van der Waals surface area contributed by atoms with E-state index in [4.69, 9.17) is 11.6 Å². The van der Waals surface area contributed by atoms with Crippen molar-refractivity contribution in [3.05, 3.63) is 45.9 Å². The molecule has 1 amide bonds. The molecule has 0 aliphatic rings. The summed E-state index contributed by atoms with van der Waals surface area (Å²) < 4.78 is 4.40. The number of hydrogen-bond acceptors (Lipinski definition) is 8. The fraction of sp³-hybridized carbons (Fsp3) is 0.0833. The van der Waals surface area contributed by atoms with Crippen molar-refractivity contribution in [1.82, 2.24) is 19.8 Å². The van der Waals surface area contributed by atoms with E-state index < -0.39 is 0 Å². The molecule has 0 spiro atoms. The summed E-state index contributed by atoms with van der Waals surface area (Å²) in [6, 6.07) is 7.65. The summed E-state index contributed by atoms with van der Waals surface area (Å²) in [6.07, 6.45) is 0. The number of aromatic nitrogens is 4. The first kappa shape index (κ1) is 15.3. The van der Waals surface area contributed by atoms with Crippen molar-refractivity contribution in [2.45, 2.75) is 10.1 Å². The third-order valence-corrected chi connectivity index (χ3v) is 5.42. The summed E-state index contributed by atoms with van der Waals surface area (Å²) in [5.74, 6) is 0.352. The molecule has 2 heterocycles. The van der Waals surface area contributed by atoms with Crippen LogP contribution in [0.3, 0.4) is 0 Å². The summed E-state index contributed by atoms with van der Waals surface area (Å²) in [5, 5.41) is 17.0. The maximum Gasteiger partial charge on any atom is 0.278 e. The number of amides is 1. The second-order valence-electron chi connectivity index (χ2n) is 4.00.